The molecule has 0 heterocycles. The molecule has 0 radical (unpaired) electrons. The number of sulfonamides is 1. The zero-order valence-corrected chi connectivity index (χ0v) is 12.3. The minimum Gasteiger partial charge on any atom is -0.392 e. The first-order chi connectivity index (χ1) is 10.5. The average Bonchev–Trinajstić information content (AvgIpc) is 2.53. The highest BCUT2D eigenvalue weighted by molar-refractivity contribution is 7.89. The quantitative estimate of drug-likeness (QED) is 0.877. The van der Waals surface area contributed by atoms with Crippen LogP contribution >= 0.6 is 0 Å². The highest BCUT2D eigenvalue weighted by Crippen LogP contribution is 2.15. The second-order valence-corrected chi connectivity index (χ2v) is 6.27. The van der Waals surface area contributed by atoms with Crippen LogP contribution in [0.2, 0.25) is 0 Å². The Kier molecular flexibility index (Phi) is 4.88. The van der Waals surface area contributed by atoms with E-state index in [1.54, 1.807) is 30.3 Å². The second kappa shape index (κ2) is 6.66. The van der Waals surface area contributed by atoms with Crippen LogP contribution in [0.15, 0.2) is 47.4 Å². The monoisotopic (exact) mass is 320 g/mol. The second-order valence-electron chi connectivity index (χ2n) is 4.50. The molecule has 0 aliphatic heterocycles. The van der Waals surface area contributed by atoms with Gasteiger partial charge in [0, 0.05) is 6.54 Å². The molecule has 0 unspecified atom stereocenters. The minimum atomic E-state index is -3.88. The van der Waals surface area contributed by atoms with Crippen molar-refractivity contribution in [3.8, 4) is 6.07 Å². The molecule has 0 aromatic heterocycles. The van der Waals surface area contributed by atoms with Crippen LogP contribution in [-0.4, -0.2) is 13.5 Å². The van der Waals surface area contributed by atoms with E-state index in [2.05, 4.69) is 4.72 Å². The topological polar surface area (TPSA) is 90.2 Å². The van der Waals surface area contributed by atoms with Crippen molar-refractivity contribution in [2.45, 2.75) is 18.0 Å². The molecule has 0 atom stereocenters. The number of aliphatic hydroxyl groups excluding tert-OH is 1. The van der Waals surface area contributed by atoms with Gasteiger partial charge in [0.2, 0.25) is 10.0 Å². The average molecular weight is 320 g/mol. The molecule has 0 aliphatic carbocycles. The van der Waals surface area contributed by atoms with Crippen LogP contribution in [0.3, 0.4) is 0 Å². The molecule has 0 fully saturated rings. The zero-order valence-electron chi connectivity index (χ0n) is 11.5. The van der Waals surface area contributed by atoms with Crippen molar-refractivity contribution in [3.05, 3.63) is 65.0 Å². The fourth-order valence-corrected chi connectivity index (χ4v) is 2.93. The van der Waals surface area contributed by atoms with E-state index in [1.807, 2.05) is 0 Å². The summed E-state index contributed by atoms with van der Waals surface area (Å²) in [6.07, 6.45) is 0. The first-order valence-electron chi connectivity index (χ1n) is 6.35. The van der Waals surface area contributed by atoms with Crippen LogP contribution in [-0.2, 0) is 23.2 Å². The van der Waals surface area contributed by atoms with Crippen molar-refractivity contribution in [3.63, 3.8) is 0 Å². The van der Waals surface area contributed by atoms with E-state index < -0.39 is 15.8 Å². The van der Waals surface area contributed by atoms with Crippen LogP contribution in [0.5, 0.6) is 0 Å². The number of nitrogens with one attached hydrogen (secondary N) is 1. The summed E-state index contributed by atoms with van der Waals surface area (Å²) >= 11 is 0. The molecule has 2 N–H and O–H groups in total. The van der Waals surface area contributed by atoms with Crippen LogP contribution in [0.25, 0.3) is 0 Å². The van der Waals surface area contributed by atoms with Crippen LogP contribution in [0.4, 0.5) is 4.39 Å². The Morgan fingerprint density at radius 3 is 2.50 bits per heavy atom. The maximum absolute atomic E-state index is 13.2. The summed E-state index contributed by atoms with van der Waals surface area (Å²) < 4.78 is 40.0. The molecule has 7 heteroatoms. The maximum atomic E-state index is 13.2. The maximum Gasteiger partial charge on any atom is 0.240 e. The molecule has 2 aromatic carbocycles. The number of hydrogen-bond acceptors (Lipinski definition) is 4. The summed E-state index contributed by atoms with van der Waals surface area (Å²) in [4.78, 5) is -0.188. The molecule has 0 saturated carbocycles. The third-order valence-electron chi connectivity index (χ3n) is 3.11. The van der Waals surface area contributed by atoms with Gasteiger partial charge in [-0.25, -0.2) is 17.5 Å². The van der Waals surface area contributed by atoms with E-state index in [4.69, 9.17) is 5.26 Å². The highest BCUT2D eigenvalue weighted by Gasteiger charge is 2.16. The molecule has 22 heavy (non-hydrogen) atoms. The third-order valence-corrected chi connectivity index (χ3v) is 4.51. The van der Waals surface area contributed by atoms with E-state index in [0.29, 0.717) is 11.1 Å². The normalized spacial score (nSPS) is 11.1. The van der Waals surface area contributed by atoms with Crippen molar-refractivity contribution in [2.24, 2.45) is 0 Å². The Hall–Kier alpha value is -2.27. The highest BCUT2D eigenvalue weighted by atomic mass is 32.2. The first-order valence-corrected chi connectivity index (χ1v) is 7.83. The Bertz CT molecular complexity index is 829. The molecule has 0 amide bonds. The number of rotatable bonds is 5. The molecular formula is C15H13FN2O3S. The summed E-state index contributed by atoms with van der Waals surface area (Å²) in [6, 6.07) is 11.5. The van der Waals surface area contributed by atoms with Gasteiger partial charge in [0.1, 0.15) is 11.9 Å². The lowest BCUT2D eigenvalue weighted by atomic mass is 10.1. The first kappa shape index (κ1) is 16.1. The molecule has 2 aromatic rings. The zero-order chi connectivity index (χ0) is 16.2. The van der Waals surface area contributed by atoms with Gasteiger partial charge in [0.05, 0.1) is 17.1 Å². The largest absolute Gasteiger partial charge is 0.392 e. The van der Waals surface area contributed by atoms with Gasteiger partial charge in [0.15, 0.2) is 0 Å². The van der Waals surface area contributed by atoms with Gasteiger partial charge in [-0.1, -0.05) is 24.3 Å². The number of halogens is 1. The van der Waals surface area contributed by atoms with Gasteiger partial charge >= 0.3 is 0 Å². The Balaban J connectivity index is 2.23. The molecule has 0 saturated heterocycles. The minimum absolute atomic E-state index is 0.0155. The predicted molar refractivity (Wildman–Crippen MR) is 77.5 cm³/mol. The fraction of sp³-hybridized carbons (Fsp3) is 0.133. The summed E-state index contributed by atoms with van der Waals surface area (Å²) in [6.45, 7) is -0.217. The van der Waals surface area contributed by atoms with E-state index in [-0.39, 0.29) is 23.6 Å². The number of nitrogens with zero attached hydrogens (tertiary/aromatic N) is 1. The number of hydrogen-bond donors (Lipinski definition) is 2. The smallest absolute Gasteiger partial charge is 0.240 e. The predicted octanol–water partition coefficient (Wildman–Crippen LogP) is 1.67. The van der Waals surface area contributed by atoms with E-state index in [9.17, 15) is 17.9 Å². The molecular weight excluding hydrogens is 307 g/mol. The van der Waals surface area contributed by atoms with Gasteiger partial charge in [-0.05, 0) is 29.3 Å². The number of aliphatic hydroxyl groups is 1. The number of nitriles is 1. The van der Waals surface area contributed by atoms with E-state index >= 15 is 0 Å². The summed E-state index contributed by atoms with van der Waals surface area (Å²) in [5.41, 5.74) is 0.914. The Morgan fingerprint density at radius 2 is 1.86 bits per heavy atom. The Labute approximate surface area is 127 Å². The molecule has 2 rings (SSSR count). The van der Waals surface area contributed by atoms with E-state index in [1.165, 1.54) is 0 Å². The van der Waals surface area contributed by atoms with Crippen LogP contribution in [0, 0.1) is 17.1 Å². The standard InChI is InChI=1S/C15H13FN2O3S/c16-15-6-5-14(7-13(15)8-17)22(20,21)18-9-11-3-1-2-4-12(11)10-19/h1-7,18-19H,9-10H2. The van der Waals surface area contributed by atoms with E-state index in [0.717, 1.165) is 18.2 Å². The molecule has 0 spiro atoms. The lowest BCUT2D eigenvalue weighted by Crippen LogP contribution is -2.24. The van der Waals surface area contributed by atoms with Crippen molar-refractivity contribution in [1.82, 2.24) is 4.72 Å². The van der Waals surface area contributed by atoms with Crippen molar-refractivity contribution in [2.75, 3.05) is 0 Å². The molecule has 0 bridgehead atoms. The fourth-order valence-electron chi connectivity index (χ4n) is 1.90. The van der Waals surface area contributed by atoms with Crippen LogP contribution < -0.4 is 4.72 Å². The Morgan fingerprint density at radius 1 is 1.18 bits per heavy atom. The van der Waals surface area contributed by atoms with Crippen LogP contribution in [0.1, 0.15) is 16.7 Å². The van der Waals surface area contributed by atoms with Crippen molar-refractivity contribution in [1.29, 1.82) is 5.26 Å². The van der Waals surface area contributed by atoms with Crippen molar-refractivity contribution >= 4 is 10.0 Å². The summed E-state index contributed by atoms with van der Waals surface area (Å²) in [5.74, 6) is -0.771. The molecule has 5 nitrogen and oxygen atoms in total. The summed E-state index contributed by atoms with van der Waals surface area (Å²) in [5, 5.41) is 18.0. The summed E-state index contributed by atoms with van der Waals surface area (Å²) in [7, 11) is -3.88. The van der Waals surface area contributed by atoms with Gasteiger partial charge in [0.25, 0.3) is 0 Å². The molecule has 114 valence electrons. The van der Waals surface area contributed by atoms with Gasteiger partial charge in [-0.3, -0.25) is 0 Å². The SMILES string of the molecule is N#Cc1cc(S(=O)(=O)NCc2ccccc2CO)ccc1F. The lowest BCUT2D eigenvalue weighted by molar-refractivity contribution is 0.280. The molecule has 0 aliphatic rings. The van der Waals surface area contributed by atoms with Gasteiger partial charge < -0.3 is 5.11 Å². The van der Waals surface area contributed by atoms with Gasteiger partial charge in [-0.2, -0.15) is 5.26 Å². The number of benzene rings is 2. The van der Waals surface area contributed by atoms with Gasteiger partial charge in [-0.15, -0.1) is 0 Å². The van der Waals surface area contributed by atoms with Crippen molar-refractivity contribution < 1.29 is 17.9 Å². The third kappa shape index (κ3) is 3.49. The lowest BCUT2D eigenvalue weighted by Gasteiger charge is -2.10.